The topological polar surface area (TPSA) is 113 Å². The summed E-state index contributed by atoms with van der Waals surface area (Å²) < 4.78 is 33.7. The molecule has 0 aliphatic rings. The highest BCUT2D eigenvalue weighted by Gasteiger charge is 2.30. The number of carboxylic acid groups (broad SMARTS) is 1. The van der Waals surface area contributed by atoms with E-state index in [4.69, 9.17) is 9.84 Å². The van der Waals surface area contributed by atoms with Crippen molar-refractivity contribution in [1.29, 1.82) is 0 Å². The number of hydrogen-bond donors (Lipinski definition) is 2. The van der Waals surface area contributed by atoms with Gasteiger partial charge in [0.05, 0.1) is 23.3 Å². The van der Waals surface area contributed by atoms with Crippen LogP contribution in [0, 0.1) is 13.8 Å². The standard InChI is InChI=1S/C25H26N2O6S/c1-17-10-12-21(13-11-17)34(31,32)27(24-18(2)6-4-9-22(24)33-3)16-23(28)26-15-19-7-5-8-20(14-19)25(29)30/h4-14H,15-16H2,1-3H3,(H,26,28)(H,29,30). The molecule has 0 aromatic heterocycles. The molecule has 34 heavy (non-hydrogen) atoms. The quantitative estimate of drug-likeness (QED) is 0.483. The number of benzene rings is 3. The van der Waals surface area contributed by atoms with E-state index in [9.17, 15) is 18.0 Å². The van der Waals surface area contributed by atoms with Crippen LogP contribution in [0.25, 0.3) is 0 Å². The molecule has 178 valence electrons. The molecule has 0 bridgehead atoms. The Morgan fingerprint density at radius 2 is 1.68 bits per heavy atom. The molecule has 0 heterocycles. The highest BCUT2D eigenvalue weighted by atomic mass is 32.2. The Morgan fingerprint density at radius 3 is 2.32 bits per heavy atom. The van der Waals surface area contributed by atoms with Gasteiger partial charge in [-0.05, 0) is 55.3 Å². The van der Waals surface area contributed by atoms with E-state index in [-0.39, 0.29) is 22.7 Å². The predicted molar refractivity (Wildman–Crippen MR) is 129 cm³/mol. The van der Waals surface area contributed by atoms with Crippen molar-refractivity contribution in [3.8, 4) is 5.75 Å². The molecule has 0 fully saturated rings. The maximum Gasteiger partial charge on any atom is 0.335 e. The van der Waals surface area contributed by atoms with Crippen LogP contribution in [0.2, 0.25) is 0 Å². The zero-order valence-corrected chi connectivity index (χ0v) is 19.9. The van der Waals surface area contributed by atoms with Crippen LogP contribution >= 0.6 is 0 Å². The monoisotopic (exact) mass is 482 g/mol. The molecule has 1 amide bonds. The van der Waals surface area contributed by atoms with Crippen molar-refractivity contribution >= 4 is 27.6 Å². The fourth-order valence-corrected chi connectivity index (χ4v) is 4.94. The van der Waals surface area contributed by atoms with E-state index in [0.29, 0.717) is 16.9 Å². The molecule has 0 aliphatic heterocycles. The molecule has 2 N–H and O–H groups in total. The second-order valence-electron chi connectivity index (χ2n) is 7.73. The van der Waals surface area contributed by atoms with Crippen LogP contribution in [-0.2, 0) is 21.4 Å². The number of carbonyl (C=O) groups is 2. The molecular formula is C25H26N2O6S. The number of aryl methyl sites for hydroxylation is 2. The number of methoxy groups -OCH3 is 1. The number of ether oxygens (including phenoxy) is 1. The Balaban J connectivity index is 1.93. The van der Waals surface area contributed by atoms with Gasteiger partial charge in [0.25, 0.3) is 10.0 Å². The molecule has 0 unspecified atom stereocenters. The molecule has 0 atom stereocenters. The van der Waals surface area contributed by atoms with Gasteiger partial charge in [0.15, 0.2) is 0 Å². The summed E-state index contributed by atoms with van der Waals surface area (Å²) in [6.45, 7) is 3.15. The Hall–Kier alpha value is -3.85. The minimum absolute atomic E-state index is 0.0449. The van der Waals surface area contributed by atoms with Gasteiger partial charge in [0.1, 0.15) is 12.3 Å². The van der Waals surface area contributed by atoms with Gasteiger partial charge >= 0.3 is 5.97 Å². The first-order valence-electron chi connectivity index (χ1n) is 10.5. The first kappa shape index (κ1) is 24.8. The van der Waals surface area contributed by atoms with Gasteiger partial charge in [-0.25, -0.2) is 13.2 Å². The fraction of sp³-hybridized carbons (Fsp3) is 0.200. The second kappa shape index (κ2) is 10.4. The maximum absolute atomic E-state index is 13.6. The second-order valence-corrected chi connectivity index (χ2v) is 9.60. The molecular weight excluding hydrogens is 456 g/mol. The zero-order chi connectivity index (χ0) is 24.9. The van der Waals surface area contributed by atoms with Crippen molar-refractivity contribution < 1.29 is 27.9 Å². The number of rotatable bonds is 9. The van der Waals surface area contributed by atoms with E-state index in [1.54, 1.807) is 49.4 Å². The number of para-hydroxylation sites is 1. The number of carboxylic acids is 1. The Morgan fingerprint density at radius 1 is 1.00 bits per heavy atom. The van der Waals surface area contributed by atoms with Gasteiger partial charge in [-0.2, -0.15) is 0 Å². The van der Waals surface area contributed by atoms with Crippen LogP contribution in [-0.4, -0.2) is 39.1 Å². The molecule has 9 heteroatoms. The lowest BCUT2D eigenvalue weighted by Crippen LogP contribution is -2.41. The number of nitrogens with zero attached hydrogens (tertiary/aromatic N) is 1. The van der Waals surface area contributed by atoms with Crippen molar-refractivity contribution in [3.05, 3.63) is 89.0 Å². The molecule has 0 spiro atoms. The summed E-state index contributed by atoms with van der Waals surface area (Å²) in [7, 11) is -2.67. The summed E-state index contributed by atoms with van der Waals surface area (Å²) >= 11 is 0. The van der Waals surface area contributed by atoms with E-state index in [1.165, 1.54) is 31.4 Å². The number of sulfonamides is 1. The van der Waals surface area contributed by atoms with Gasteiger partial charge < -0.3 is 15.2 Å². The third-order valence-corrected chi connectivity index (χ3v) is 6.99. The maximum atomic E-state index is 13.6. The lowest BCUT2D eigenvalue weighted by Gasteiger charge is -2.27. The van der Waals surface area contributed by atoms with E-state index in [0.717, 1.165) is 9.87 Å². The molecule has 0 saturated heterocycles. The summed E-state index contributed by atoms with van der Waals surface area (Å²) in [5.41, 5.74) is 2.47. The largest absolute Gasteiger partial charge is 0.495 e. The first-order valence-corrected chi connectivity index (χ1v) is 11.9. The van der Waals surface area contributed by atoms with Crippen LogP contribution in [0.4, 0.5) is 5.69 Å². The van der Waals surface area contributed by atoms with Crippen molar-refractivity contribution in [2.45, 2.75) is 25.3 Å². The van der Waals surface area contributed by atoms with Crippen LogP contribution < -0.4 is 14.4 Å². The summed E-state index contributed by atoms with van der Waals surface area (Å²) in [5.74, 6) is -1.31. The number of amides is 1. The van der Waals surface area contributed by atoms with Gasteiger partial charge in [-0.3, -0.25) is 9.10 Å². The minimum Gasteiger partial charge on any atom is -0.495 e. The van der Waals surface area contributed by atoms with Crippen LogP contribution in [0.1, 0.15) is 27.0 Å². The first-order chi connectivity index (χ1) is 16.1. The smallest absolute Gasteiger partial charge is 0.335 e. The molecule has 0 aliphatic carbocycles. The van der Waals surface area contributed by atoms with Crippen molar-refractivity contribution in [2.75, 3.05) is 18.0 Å². The number of aromatic carboxylic acids is 1. The van der Waals surface area contributed by atoms with E-state index < -0.39 is 28.4 Å². The van der Waals surface area contributed by atoms with E-state index in [1.807, 2.05) is 6.92 Å². The van der Waals surface area contributed by atoms with Gasteiger partial charge in [0.2, 0.25) is 5.91 Å². The average molecular weight is 483 g/mol. The number of carbonyl (C=O) groups excluding carboxylic acids is 1. The highest BCUT2D eigenvalue weighted by molar-refractivity contribution is 7.92. The third kappa shape index (κ3) is 5.55. The SMILES string of the molecule is COc1cccc(C)c1N(CC(=O)NCc1cccc(C(=O)O)c1)S(=O)(=O)c1ccc(C)cc1. The predicted octanol–water partition coefficient (Wildman–Crippen LogP) is 3.52. The molecule has 3 aromatic rings. The van der Waals surface area contributed by atoms with Gasteiger partial charge in [-0.1, -0.05) is 42.0 Å². The van der Waals surface area contributed by atoms with Crippen LogP contribution in [0.3, 0.4) is 0 Å². The van der Waals surface area contributed by atoms with Crippen LogP contribution in [0.15, 0.2) is 71.6 Å². The van der Waals surface area contributed by atoms with E-state index in [2.05, 4.69) is 5.32 Å². The number of anilines is 1. The molecule has 3 aromatic carbocycles. The summed E-state index contributed by atoms with van der Waals surface area (Å²) in [5, 5.41) is 11.8. The summed E-state index contributed by atoms with van der Waals surface area (Å²) in [6, 6.07) is 17.7. The lowest BCUT2D eigenvalue weighted by atomic mass is 10.1. The third-order valence-electron chi connectivity index (χ3n) is 5.23. The molecule has 0 saturated carbocycles. The zero-order valence-electron chi connectivity index (χ0n) is 19.1. The van der Waals surface area contributed by atoms with Crippen LogP contribution in [0.5, 0.6) is 5.75 Å². The summed E-state index contributed by atoms with van der Waals surface area (Å²) in [4.78, 5) is 24.1. The Kier molecular flexibility index (Phi) is 7.57. The van der Waals surface area contributed by atoms with Crippen molar-refractivity contribution in [1.82, 2.24) is 5.32 Å². The van der Waals surface area contributed by atoms with Crippen molar-refractivity contribution in [3.63, 3.8) is 0 Å². The Labute approximate surface area is 198 Å². The average Bonchev–Trinajstić information content (AvgIpc) is 2.81. The Bertz CT molecular complexity index is 1300. The lowest BCUT2D eigenvalue weighted by molar-refractivity contribution is -0.119. The highest BCUT2D eigenvalue weighted by Crippen LogP contribution is 2.35. The normalized spacial score (nSPS) is 11.0. The van der Waals surface area contributed by atoms with Crippen molar-refractivity contribution in [2.24, 2.45) is 0 Å². The molecule has 3 rings (SSSR count). The minimum atomic E-state index is -4.11. The molecule has 0 radical (unpaired) electrons. The number of hydrogen-bond acceptors (Lipinski definition) is 5. The fourth-order valence-electron chi connectivity index (χ4n) is 3.44. The molecule has 8 nitrogen and oxygen atoms in total. The van der Waals surface area contributed by atoms with Gasteiger partial charge in [0, 0.05) is 6.54 Å². The number of nitrogens with one attached hydrogen (secondary N) is 1. The van der Waals surface area contributed by atoms with E-state index >= 15 is 0 Å². The summed E-state index contributed by atoms with van der Waals surface area (Å²) in [6.07, 6.45) is 0. The van der Waals surface area contributed by atoms with Gasteiger partial charge in [-0.15, -0.1) is 0 Å².